The summed E-state index contributed by atoms with van der Waals surface area (Å²) >= 11 is 18.6. The molecule has 0 aliphatic heterocycles. The monoisotopic (exact) mass is 356 g/mol. The lowest BCUT2D eigenvalue weighted by atomic mass is 10.0. The van der Waals surface area contributed by atoms with Crippen molar-refractivity contribution in [3.63, 3.8) is 0 Å². The SMILES string of the molecule is CCNC(=O)C(NC(=O)c1sc(Cl)c(Cl)c1Cl)C(C)C. The van der Waals surface area contributed by atoms with E-state index in [1.807, 2.05) is 20.8 Å². The van der Waals surface area contributed by atoms with Crippen LogP contribution in [-0.4, -0.2) is 24.4 Å². The largest absolute Gasteiger partial charge is 0.355 e. The highest BCUT2D eigenvalue weighted by molar-refractivity contribution is 7.19. The molecular formula is C12H15Cl3N2O2S. The summed E-state index contributed by atoms with van der Waals surface area (Å²) in [6, 6.07) is -0.641. The normalized spacial score (nSPS) is 12.3. The van der Waals surface area contributed by atoms with Crippen molar-refractivity contribution in [3.05, 3.63) is 19.3 Å². The van der Waals surface area contributed by atoms with E-state index in [1.54, 1.807) is 0 Å². The number of halogens is 3. The maximum absolute atomic E-state index is 12.2. The molecule has 0 aliphatic rings. The van der Waals surface area contributed by atoms with E-state index < -0.39 is 11.9 Å². The van der Waals surface area contributed by atoms with E-state index >= 15 is 0 Å². The van der Waals surface area contributed by atoms with Crippen LogP contribution in [0.3, 0.4) is 0 Å². The fourth-order valence-electron chi connectivity index (χ4n) is 1.54. The van der Waals surface area contributed by atoms with E-state index in [4.69, 9.17) is 34.8 Å². The molecule has 4 nitrogen and oxygen atoms in total. The smallest absolute Gasteiger partial charge is 0.263 e. The molecule has 1 aromatic rings. The number of hydrogen-bond acceptors (Lipinski definition) is 3. The maximum atomic E-state index is 12.2. The Hall–Kier alpha value is -0.490. The van der Waals surface area contributed by atoms with Crippen LogP contribution in [0.15, 0.2) is 0 Å². The van der Waals surface area contributed by atoms with Crippen molar-refractivity contribution in [2.24, 2.45) is 5.92 Å². The summed E-state index contributed by atoms with van der Waals surface area (Å²) in [5, 5.41) is 5.60. The number of thiophene rings is 1. The summed E-state index contributed by atoms with van der Waals surface area (Å²) < 4.78 is 0.251. The summed E-state index contributed by atoms with van der Waals surface area (Å²) in [5.74, 6) is -0.755. The summed E-state index contributed by atoms with van der Waals surface area (Å²) in [5.41, 5.74) is 0. The highest BCUT2D eigenvalue weighted by Gasteiger charge is 2.27. The third kappa shape index (κ3) is 4.01. The second-order valence-electron chi connectivity index (χ2n) is 4.42. The summed E-state index contributed by atoms with van der Waals surface area (Å²) in [4.78, 5) is 24.3. The molecule has 0 aromatic carbocycles. The molecule has 0 saturated heterocycles. The lowest BCUT2D eigenvalue weighted by Gasteiger charge is -2.21. The van der Waals surface area contributed by atoms with Crippen LogP contribution in [0.25, 0.3) is 0 Å². The zero-order valence-electron chi connectivity index (χ0n) is 11.2. The fraction of sp³-hybridized carbons (Fsp3) is 0.500. The predicted molar refractivity (Wildman–Crippen MR) is 84.1 cm³/mol. The molecule has 0 radical (unpaired) electrons. The van der Waals surface area contributed by atoms with Gasteiger partial charge in [0.25, 0.3) is 5.91 Å². The van der Waals surface area contributed by atoms with Crippen LogP contribution in [0.5, 0.6) is 0 Å². The summed E-state index contributed by atoms with van der Waals surface area (Å²) in [7, 11) is 0. The van der Waals surface area contributed by atoms with Crippen LogP contribution in [0.4, 0.5) is 0 Å². The number of rotatable bonds is 5. The topological polar surface area (TPSA) is 58.2 Å². The molecule has 2 N–H and O–H groups in total. The van der Waals surface area contributed by atoms with E-state index in [0.29, 0.717) is 6.54 Å². The van der Waals surface area contributed by atoms with Crippen LogP contribution in [0.2, 0.25) is 14.4 Å². The second kappa shape index (κ2) is 7.50. The molecular weight excluding hydrogens is 343 g/mol. The molecule has 0 spiro atoms. The lowest BCUT2D eigenvalue weighted by molar-refractivity contribution is -0.123. The molecule has 1 aromatic heterocycles. The number of hydrogen-bond donors (Lipinski definition) is 2. The minimum absolute atomic E-state index is 0.0600. The van der Waals surface area contributed by atoms with E-state index in [0.717, 1.165) is 11.3 Å². The number of amides is 2. The van der Waals surface area contributed by atoms with Gasteiger partial charge in [0.15, 0.2) is 0 Å². The average Bonchev–Trinajstić information content (AvgIpc) is 2.63. The molecule has 8 heteroatoms. The highest BCUT2D eigenvalue weighted by atomic mass is 35.5. The van der Waals surface area contributed by atoms with Crippen LogP contribution >= 0.6 is 46.1 Å². The van der Waals surface area contributed by atoms with Crippen molar-refractivity contribution in [2.75, 3.05) is 6.54 Å². The Bertz CT molecular complexity index is 517. The first kappa shape index (κ1) is 17.6. The van der Waals surface area contributed by atoms with Crippen molar-refractivity contribution >= 4 is 58.0 Å². The molecule has 0 aliphatic carbocycles. The van der Waals surface area contributed by atoms with Gasteiger partial charge in [-0.2, -0.15) is 0 Å². The molecule has 0 saturated carbocycles. The average molecular weight is 358 g/mol. The number of nitrogens with one attached hydrogen (secondary N) is 2. The molecule has 20 heavy (non-hydrogen) atoms. The van der Waals surface area contributed by atoms with Gasteiger partial charge >= 0.3 is 0 Å². The fourth-order valence-corrected chi connectivity index (χ4v) is 3.24. The first-order chi connectivity index (χ1) is 9.29. The Labute approximate surface area is 136 Å². The van der Waals surface area contributed by atoms with Gasteiger partial charge < -0.3 is 10.6 Å². The predicted octanol–water partition coefficient (Wildman–Crippen LogP) is 3.60. The van der Waals surface area contributed by atoms with Gasteiger partial charge in [0.05, 0.1) is 10.0 Å². The molecule has 1 rings (SSSR count). The van der Waals surface area contributed by atoms with Crippen LogP contribution < -0.4 is 10.6 Å². The van der Waals surface area contributed by atoms with Gasteiger partial charge in [0.1, 0.15) is 15.3 Å². The Kier molecular flexibility index (Phi) is 6.58. The van der Waals surface area contributed by atoms with E-state index in [2.05, 4.69) is 10.6 Å². The molecule has 0 bridgehead atoms. The van der Waals surface area contributed by atoms with Gasteiger partial charge in [-0.1, -0.05) is 48.7 Å². The highest BCUT2D eigenvalue weighted by Crippen LogP contribution is 2.40. The van der Waals surface area contributed by atoms with E-state index in [1.165, 1.54) is 0 Å². The summed E-state index contributed by atoms with van der Waals surface area (Å²) in [6.45, 7) is 5.99. The van der Waals surface area contributed by atoms with Gasteiger partial charge in [-0.3, -0.25) is 9.59 Å². The Morgan fingerprint density at radius 2 is 1.80 bits per heavy atom. The number of carbonyl (C=O) groups excluding carboxylic acids is 2. The third-order valence-corrected chi connectivity index (χ3v) is 5.12. The Balaban J connectivity index is 2.91. The van der Waals surface area contributed by atoms with E-state index in [-0.39, 0.29) is 31.1 Å². The second-order valence-corrected chi connectivity index (χ2v) is 6.80. The molecule has 1 heterocycles. The Morgan fingerprint density at radius 3 is 2.20 bits per heavy atom. The first-order valence-electron chi connectivity index (χ1n) is 6.01. The summed E-state index contributed by atoms with van der Waals surface area (Å²) in [6.07, 6.45) is 0. The van der Waals surface area contributed by atoms with Gasteiger partial charge in [-0.15, -0.1) is 11.3 Å². The maximum Gasteiger partial charge on any atom is 0.263 e. The molecule has 1 atom stereocenters. The Morgan fingerprint density at radius 1 is 1.20 bits per heavy atom. The van der Waals surface area contributed by atoms with E-state index in [9.17, 15) is 9.59 Å². The van der Waals surface area contributed by atoms with Crippen molar-refractivity contribution < 1.29 is 9.59 Å². The minimum Gasteiger partial charge on any atom is -0.355 e. The molecule has 112 valence electrons. The first-order valence-corrected chi connectivity index (χ1v) is 7.96. The van der Waals surface area contributed by atoms with Gasteiger partial charge in [0.2, 0.25) is 5.91 Å². The van der Waals surface area contributed by atoms with Crippen LogP contribution in [0.1, 0.15) is 30.4 Å². The number of likely N-dealkylation sites (N-methyl/N-ethyl adjacent to an activating group) is 1. The van der Waals surface area contributed by atoms with Crippen molar-refractivity contribution in [1.82, 2.24) is 10.6 Å². The third-order valence-electron chi connectivity index (χ3n) is 2.55. The standard InChI is InChI=1S/C12H15Cl3N2O2S/c1-4-16-11(18)8(5(2)3)17-12(19)9-6(13)7(14)10(15)20-9/h5,8H,4H2,1-3H3,(H,16,18)(H,17,19). The number of carbonyl (C=O) groups is 2. The van der Waals surface area contributed by atoms with Crippen LogP contribution in [0, 0.1) is 5.92 Å². The van der Waals surface area contributed by atoms with Crippen molar-refractivity contribution in [2.45, 2.75) is 26.8 Å². The van der Waals surface area contributed by atoms with Gasteiger partial charge in [0, 0.05) is 6.54 Å². The molecule has 0 fully saturated rings. The quantitative estimate of drug-likeness (QED) is 0.846. The van der Waals surface area contributed by atoms with Crippen molar-refractivity contribution in [1.29, 1.82) is 0 Å². The zero-order chi connectivity index (χ0) is 15.4. The molecule has 2 amide bonds. The zero-order valence-corrected chi connectivity index (χ0v) is 14.3. The van der Waals surface area contributed by atoms with Crippen molar-refractivity contribution in [3.8, 4) is 0 Å². The van der Waals surface area contributed by atoms with Gasteiger partial charge in [-0.25, -0.2) is 0 Å². The molecule has 1 unspecified atom stereocenters. The van der Waals surface area contributed by atoms with Crippen LogP contribution in [-0.2, 0) is 4.79 Å². The van der Waals surface area contributed by atoms with Gasteiger partial charge in [-0.05, 0) is 12.8 Å². The minimum atomic E-state index is -0.641. The lowest BCUT2D eigenvalue weighted by Crippen LogP contribution is -2.49.